The zero-order chi connectivity index (χ0) is 12.4. The van der Waals surface area contributed by atoms with Gasteiger partial charge in [0.1, 0.15) is 5.82 Å². The molecule has 0 amide bonds. The molecule has 0 radical (unpaired) electrons. The number of nitrogen functional groups attached to an aromatic ring is 1. The molecule has 1 unspecified atom stereocenters. The lowest BCUT2D eigenvalue weighted by atomic mass is 10.0. The summed E-state index contributed by atoms with van der Waals surface area (Å²) in [5.74, 6) is 2.13. The fourth-order valence-corrected chi connectivity index (χ4v) is 2.18. The van der Waals surface area contributed by atoms with Gasteiger partial charge in [0, 0.05) is 18.5 Å². The Morgan fingerprint density at radius 2 is 2.00 bits per heavy atom. The van der Waals surface area contributed by atoms with Gasteiger partial charge >= 0.3 is 0 Å². The summed E-state index contributed by atoms with van der Waals surface area (Å²) in [5, 5.41) is 0. The van der Waals surface area contributed by atoms with Crippen molar-refractivity contribution in [3.05, 3.63) is 5.82 Å². The van der Waals surface area contributed by atoms with Gasteiger partial charge in [-0.2, -0.15) is 15.0 Å². The first-order valence-electron chi connectivity index (χ1n) is 6.36. The summed E-state index contributed by atoms with van der Waals surface area (Å²) in [4.78, 5) is 15.2. The molecular formula is C12H21N5. The third-order valence-corrected chi connectivity index (χ3v) is 3.23. The van der Waals surface area contributed by atoms with Crippen molar-refractivity contribution in [1.29, 1.82) is 0 Å². The van der Waals surface area contributed by atoms with Crippen LogP contribution in [0.15, 0.2) is 0 Å². The van der Waals surface area contributed by atoms with Gasteiger partial charge in [-0.25, -0.2) is 0 Å². The van der Waals surface area contributed by atoms with E-state index < -0.39 is 0 Å². The van der Waals surface area contributed by atoms with Crippen LogP contribution in [0.25, 0.3) is 0 Å². The third-order valence-electron chi connectivity index (χ3n) is 3.23. The van der Waals surface area contributed by atoms with Crippen LogP contribution >= 0.6 is 0 Å². The summed E-state index contributed by atoms with van der Waals surface area (Å²) in [6.07, 6.45) is 3.69. The molecule has 2 N–H and O–H groups in total. The lowest BCUT2D eigenvalue weighted by Crippen LogP contribution is -2.39. The summed E-state index contributed by atoms with van der Waals surface area (Å²) in [5.41, 5.74) is 5.76. The first kappa shape index (κ1) is 12.1. The molecule has 0 spiro atoms. The highest BCUT2D eigenvalue weighted by atomic mass is 15.3. The van der Waals surface area contributed by atoms with Gasteiger partial charge in [0.15, 0.2) is 0 Å². The van der Waals surface area contributed by atoms with Gasteiger partial charge in [0.05, 0.1) is 0 Å². The number of nitrogens with two attached hydrogens (primary N) is 1. The maximum Gasteiger partial charge on any atom is 0.230 e. The van der Waals surface area contributed by atoms with E-state index in [9.17, 15) is 0 Å². The van der Waals surface area contributed by atoms with E-state index in [0.717, 1.165) is 18.3 Å². The third kappa shape index (κ3) is 2.65. The van der Waals surface area contributed by atoms with Crippen molar-refractivity contribution >= 4 is 11.9 Å². The van der Waals surface area contributed by atoms with Crippen LogP contribution in [0.5, 0.6) is 0 Å². The average molecular weight is 235 g/mol. The summed E-state index contributed by atoms with van der Waals surface area (Å²) >= 11 is 0. The standard InChI is InChI=1S/C12H21N5/c1-8(2)10-14-11(13)16-12(15-10)17-7-5-4-6-9(17)3/h8-9H,4-7H2,1-3H3,(H2,13,14,15,16). The van der Waals surface area contributed by atoms with Crippen molar-refractivity contribution in [1.82, 2.24) is 15.0 Å². The van der Waals surface area contributed by atoms with Crippen molar-refractivity contribution in [3.8, 4) is 0 Å². The molecule has 1 saturated heterocycles. The van der Waals surface area contributed by atoms with Crippen LogP contribution in [0.3, 0.4) is 0 Å². The number of aromatic nitrogens is 3. The van der Waals surface area contributed by atoms with Gasteiger partial charge in [0.2, 0.25) is 11.9 Å². The molecule has 1 fully saturated rings. The van der Waals surface area contributed by atoms with E-state index in [0.29, 0.717) is 12.0 Å². The highest BCUT2D eigenvalue weighted by molar-refractivity contribution is 5.36. The van der Waals surface area contributed by atoms with E-state index in [1.807, 2.05) is 0 Å². The van der Waals surface area contributed by atoms with Crippen LogP contribution in [-0.4, -0.2) is 27.5 Å². The van der Waals surface area contributed by atoms with Crippen LogP contribution in [0.1, 0.15) is 51.8 Å². The monoisotopic (exact) mass is 235 g/mol. The molecule has 94 valence electrons. The van der Waals surface area contributed by atoms with E-state index >= 15 is 0 Å². The van der Waals surface area contributed by atoms with Crippen molar-refractivity contribution in [3.63, 3.8) is 0 Å². The Labute approximate surface area is 102 Å². The molecule has 0 aromatic carbocycles. The minimum absolute atomic E-state index is 0.277. The molecule has 5 heteroatoms. The molecular weight excluding hydrogens is 214 g/mol. The SMILES string of the molecule is CC(C)c1nc(N)nc(N2CCCCC2C)n1. The second-order valence-corrected chi connectivity index (χ2v) is 5.04. The quantitative estimate of drug-likeness (QED) is 0.848. The van der Waals surface area contributed by atoms with E-state index in [4.69, 9.17) is 5.73 Å². The Morgan fingerprint density at radius 3 is 2.65 bits per heavy atom. The largest absolute Gasteiger partial charge is 0.368 e. The van der Waals surface area contributed by atoms with E-state index in [1.54, 1.807) is 0 Å². The Bertz CT molecular complexity index is 390. The first-order valence-corrected chi connectivity index (χ1v) is 6.36. The number of nitrogens with zero attached hydrogens (tertiary/aromatic N) is 4. The smallest absolute Gasteiger partial charge is 0.230 e. The number of anilines is 2. The lowest BCUT2D eigenvalue weighted by Gasteiger charge is -2.33. The van der Waals surface area contributed by atoms with Crippen molar-refractivity contribution in [2.75, 3.05) is 17.2 Å². The maximum absolute atomic E-state index is 5.76. The molecule has 1 aromatic rings. The minimum Gasteiger partial charge on any atom is -0.368 e. The van der Waals surface area contributed by atoms with Gasteiger partial charge in [0.25, 0.3) is 0 Å². The number of hydrogen-bond donors (Lipinski definition) is 1. The molecule has 0 bridgehead atoms. The fourth-order valence-electron chi connectivity index (χ4n) is 2.18. The van der Waals surface area contributed by atoms with Crippen LogP contribution in [0, 0.1) is 0 Å². The van der Waals surface area contributed by atoms with Crippen molar-refractivity contribution in [2.24, 2.45) is 0 Å². The molecule has 1 aliphatic heterocycles. The summed E-state index contributed by atoms with van der Waals surface area (Å²) in [6, 6.07) is 0.491. The molecule has 2 rings (SSSR count). The lowest BCUT2D eigenvalue weighted by molar-refractivity contribution is 0.475. The van der Waals surface area contributed by atoms with E-state index in [2.05, 4.69) is 40.6 Å². The molecule has 1 aliphatic rings. The Balaban J connectivity index is 2.30. The molecule has 1 aromatic heterocycles. The summed E-state index contributed by atoms with van der Waals surface area (Å²) in [6.45, 7) is 7.37. The zero-order valence-electron chi connectivity index (χ0n) is 10.8. The summed E-state index contributed by atoms with van der Waals surface area (Å²) in [7, 11) is 0. The average Bonchev–Trinajstić information content (AvgIpc) is 2.28. The predicted molar refractivity (Wildman–Crippen MR) is 69.0 cm³/mol. The van der Waals surface area contributed by atoms with Crippen molar-refractivity contribution < 1.29 is 0 Å². The highest BCUT2D eigenvalue weighted by Gasteiger charge is 2.22. The van der Waals surface area contributed by atoms with Gasteiger partial charge in [-0.15, -0.1) is 0 Å². The normalized spacial score (nSPS) is 20.9. The molecule has 5 nitrogen and oxygen atoms in total. The second kappa shape index (κ2) is 4.85. The molecule has 17 heavy (non-hydrogen) atoms. The van der Waals surface area contributed by atoms with Crippen LogP contribution in [0.2, 0.25) is 0 Å². The van der Waals surface area contributed by atoms with E-state index in [-0.39, 0.29) is 5.92 Å². The fraction of sp³-hybridized carbons (Fsp3) is 0.750. The summed E-state index contributed by atoms with van der Waals surface area (Å²) < 4.78 is 0. The Hall–Kier alpha value is -1.39. The topological polar surface area (TPSA) is 67.9 Å². The van der Waals surface area contributed by atoms with Crippen LogP contribution in [0.4, 0.5) is 11.9 Å². The maximum atomic E-state index is 5.76. The Morgan fingerprint density at radius 1 is 1.24 bits per heavy atom. The van der Waals surface area contributed by atoms with Gasteiger partial charge in [-0.1, -0.05) is 13.8 Å². The molecule has 0 saturated carbocycles. The molecule has 0 aliphatic carbocycles. The van der Waals surface area contributed by atoms with Crippen LogP contribution < -0.4 is 10.6 Å². The predicted octanol–water partition coefficient (Wildman–Crippen LogP) is 1.96. The minimum atomic E-state index is 0.277. The van der Waals surface area contributed by atoms with E-state index in [1.165, 1.54) is 19.3 Å². The highest BCUT2D eigenvalue weighted by Crippen LogP contribution is 2.23. The van der Waals surface area contributed by atoms with Gasteiger partial charge in [-0.05, 0) is 26.2 Å². The number of hydrogen-bond acceptors (Lipinski definition) is 5. The first-order chi connectivity index (χ1) is 8.08. The number of piperidine rings is 1. The zero-order valence-corrected chi connectivity index (χ0v) is 10.8. The van der Waals surface area contributed by atoms with Gasteiger partial charge in [-0.3, -0.25) is 0 Å². The van der Waals surface area contributed by atoms with Gasteiger partial charge < -0.3 is 10.6 Å². The van der Waals surface area contributed by atoms with Crippen molar-refractivity contribution in [2.45, 2.75) is 52.0 Å². The van der Waals surface area contributed by atoms with Crippen LogP contribution in [-0.2, 0) is 0 Å². The molecule has 1 atom stereocenters. The number of rotatable bonds is 2. The second-order valence-electron chi connectivity index (χ2n) is 5.04. The Kier molecular flexibility index (Phi) is 3.45. The molecule has 2 heterocycles.